The van der Waals surface area contributed by atoms with Gasteiger partial charge >= 0.3 is 0 Å². The van der Waals surface area contributed by atoms with Crippen molar-refractivity contribution >= 4 is 0 Å². The van der Waals surface area contributed by atoms with E-state index in [1.165, 1.54) is 12.8 Å². The van der Waals surface area contributed by atoms with Gasteiger partial charge in [0.25, 0.3) is 0 Å². The van der Waals surface area contributed by atoms with Gasteiger partial charge in [-0.2, -0.15) is 0 Å². The summed E-state index contributed by atoms with van der Waals surface area (Å²) in [5.74, 6) is 0. The van der Waals surface area contributed by atoms with E-state index in [0.717, 1.165) is 12.8 Å². The summed E-state index contributed by atoms with van der Waals surface area (Å²) in [5.41, 5.74) is 0. The van der Waals surface area contributed by atoms with E-state index in [4.69, 9.17) is 0 Å². The maximum absolute atomic E-state index is 3.74. The smallest absolute Gasteiger partial charge is 0.0105 e. The lowest BCUT2D eigenvalue weighted by Gasteiger charge is -2.10. The van der Waals surface area contributed by atoms with E-state index in [2.05, 4.69) is 18.5 Å². The highest BCUT2D eigenvalue weighted by molar-refractivity contribution is 4.90. The Kier molecular flexibility index (Phi) is 3.37. The van der Waals surface area contributed by atoms with E-state index in [1.807, 2.05) is 12.2 Å². The van der Waals surface area contributed by atoms with Crippen molar-refractivity contribution in [1.29, 1.82) is 0 Å². The summed E-state index contributed by atoms with van der Waals surface area (Å²) < 4.78 is 0. The molecule has 0 radical (unpaired) electrons. The van der Waals surface area contributed by atoms with Crippen LogP contribution in [-0.4, -0.2) is 12.1 Å². The molecule has 0 aliphatic carbocycles. The second-order valence-electron chi connectivity index (χ2n) is 3.19. The molecule has 0 spiro atoms. The molecule has 1 rings (SSSR count). The Hall–Kier alpha value is -0.560. The summed E-state index contributed by atoms with van der Waals surface area (Å²) in [6, 6.07) is 1.36. The van der Waals surface area contributed by atoms with Gasteiger partial charge in [0.05, 0.1) is 0 Å². The Morgan fingerprint density at radius 1 is 1.09 bits per heavy atom. The number of nitrogens with one attached hydrogen (secondary N) is 1. The van der Waals surface area contributed by atoms with E-state index in [-0.39, 0.29) is 0 Å². The molecule has 2 unspecified atom stereocenters. The Bertz CT molecular complexity index is 124. The Morgan fingerprint density at radius 3 is 1.91 bits per heavy atom. The van der Waals surface area contributed by atoms with Crippen LogP contribution in [0.2, 0.25) is 0 Å². The molecule has 0 amide bonds. The second kappa shape index (κ2) is 4.35. The third-order valence-corrected chi connectivity index (χ3v) is 2.24. The summed E-state index contributed by atoms with van der Waals surface area (Å²) in [7, 11) is 0. The van der Waals surface area contributed by atoms with Crippen molar-refractivity contribution in [1.82, 2.24) is 5.32 Å². The van der Waals surface area contributed by atoms with Crippen LogP contribution < -0.4 is 5.32 Å². The van der Waals surface area contributed by atoms with Gasteiger partial charge in [0.15, 0.2) is 0 Å². The second-order valence-corrected chi connectivity index (χ2v) is 3.19. The van der Waals surface area contributed by atoms with E-state index < -0.39 is 0 Å². The molecule has 2 atom stereocenters. The molecular weight excluding hydrogens is 134 g/mol. The van der Waals surface area contributed by atoms with Gasteiger partial charge in [-0.05, 0) is 25.7 Å². The van der Waals surface area contributed by atoms with Gasteiger partial charge in [0.2, 0.25) is 0 Å². The molecule has 11 heavy (non-hydrogen) atoms. The highest BCUT2D eigenvalue weighted by Crippen LogP contribution is 2.17. The van der Waals surface area contributed by atoms with E-state index >= 15 is 0 Å². The summed E-state index contributed by atoms with van der Waals surface area (Å²) >= 11 is 0. The molecule has 1 aliphatic rings. The number of hydrogen-bond acceptors (Lipinski definition) is 1. The predicted molar refractivity (Wildman–Crippen MR) is 49.6 cm³/mol. The number of hydrogen-bond donors (Lipinski definition) is 1. The summed E-state index contributed by atoms with van der Waals surface area (Å²) in [4.78, 5) is 0. The zero-order valence-electron chi connectivity index (χ0n) is 7.05. The first kappa shape index (κ1) is 8.54. The fourth-order valence-corrected chi connectivity index (χ4v) is 1.68. The molecular formula is C10H17N. The third kappa shape index (κ3) is 2.51. The standard InChI is InChI=1S/C10H17N/c1-3-5-9-7-8-10(11-9)6-4-2/h3-4,9-11H,1-2,5-8H2. The zero-order chi connectivity index (χ0) is 8.10. The molecule has 62 valence electrons. The van der Waals surface area contributed by atoms with Crippen LogP contribution in [0.1, 0.15) is 25.7 Å². The first-order valence-electron chi connectivity index (χ1n) is 4.34. The van der Waals surface area contributed by atoms with Crippen LogP contribution in [-0.2, 0) is 0 Å². The third-order valence-electron chi connectivity index (χ3n) is 2.24. The lowest BCUT2D eigenvalue weighted by atomic mass is 10.1. The molecule has 1 saturated heterocycles. The summed E-state index contributed by atoms with van der Waals surface area (Å²) in [6.07, 6.45) is 8.79. The molecule has 0 aromatic heterocycles. The fourth-order valence-electron chi connectivity index (χ4n) is 1.68. The van der Waals surface area contributed by atoms with Crippen LogP contribution in [0, 0.1) is 0 Å². The van der Waals surface area contributed by atoms with Crippen molar-refractivity contribution in [3.63, 3.8) is 0 Å². The monoisotopic (exact) mass is 151 g/mol. The first-order chi connectivity index (χ1) is 5.36. The minimum Gasteiger partial charge on any atom is -0.311 e. The molecule has 0 saturated carbocycles. The maximum Gasteiger partial charge on any atom is 0.0105 e. The SMILES string of the molecule is C=CCC1CCC(CC=C)N1. The van der Waals surface area contributed by atoms with Gasteiger partial charge in [-0.3, -0.25) is 0 Å². The molecule has 1 aliphatic heterocycles. The highest BCUT2D eigenvalue weighted by Gasteiger charge is 2.20. The molecule has 1 nitrogen and oxygen atoms in total. The first-order valence-corrected chi connectivity index (χ1v) is 4.34. The van der Waals surface area contributed by atoms with E-state index in [0.29, 0.717) is 12.1 Å². The van der Waals surface area contributed by atoms with Crippen molar-refractivity contribution in [2.45, 2.75) is 37.8 Å². The normalized spacial score (nSPS) is 30.2. The van der Waals surface area contributed by atoms with Crippen molar-refractivity contribution < 1.29 is 0 Å². The maximum atomic E-state index is 3.74. The van der Waals surface area contributed by atoms with Crippen molar-refractivity contribution in [2.75, 3.05) is 0 Å². The lowest BCUT2D eigenvalue weighted by Crippen LogP contribution is -2.28. The molecule has 0 aromatic rings. The van der Waals surface area contributed by atoms with Gasteiger partial charge in [0, 0.05) is 12.1 Å². The Morgan fingerprint density at radius 2 is 1.55 bits per heavy atom. The quantitative estimate of drug-likeness (QED) is 0.608. The van der Waals surface area contributed by atoms with Crippen molar-refractivity contribution in [3.05, 3.63) is 25.3 Å². The average Bonchev–Trinajstić information content (AvgIpc) is 2.38. The van der Waals surface area contributed by atoms with E-state index in [1.54, 1.807) is 0 Å². The minimum atomic E-state index is 0.678. The minimum absolute atomic E-state index is 0.678. The summed E-state index contributed by atoms with van der Waals surface area (Å²) in [6.45, 7) is 7.47. The van der Waals surface area contributed by atoms with Gasteiger partial charge in [-0.25, -0.2) is 0 Å². The van der Waals surface area contributed by atoms with Crippen molar-refractivity contribution in [3.8, 4) is 0 Å². The van der Waals surface area contributed by atoms with Crippen LogP contribution in [0.4, 0.5) is 0 Å². The van der Waals surface area contributed by atoms with Gasteiger partial charge in [-0.15, -0.1) is 13.2 Å². The molecule has 1 fully saturated rings. The molecule has 1 heterocycles. The molecule has 1 N–H and O–H groups in total. The number of rotatable bonds is 4. The fraction of sp³-hybridized carbons (Fsp3) is 0.600. The lowest BCUT2D eigenvalue weighted by molar-refractivity contribution is 0.544. The highest BCUT2D eigenvalue weighted by atomic mass is 15.0. The molecule has 0 aromatic carbocycles. The average molecular weight is 151 g/mol. The van der Waals surface area contributed by atoms with E-state index in [9.17, 15) is 0 Å². The Balaban J connectivity index is 2.22. The largest absolute Gasteiger partial charge is 0.311 e. The Labute approximate surface area is 69.2 Å². The summed E-state index contributed by atoms with van der Waals surface area (Å²) in [5, 5.41) is 3.55. The van der Waals surface area contributed by atoms with Crippen LogP contribution in [0.5, 0.6) is 0 Å². The van der Waals surface area contributed by atoms with Gasteiger partial charge in [0.1, 0.15) is 0 Å². The van der Waals surface area contributed by atoms with Crippen LogP contribution in [0.3, 0.4) is 0 Å². The topological polar surface area (TPSA) is 12.0 Å². The van der Waals surface area contributed by atoms with Crippen LogP contribution >= 0.6 is 0 Å². The molecule has 0 bridgehead atoms. The van der Waals surface area contributed by atoms with Crippen LogP contribution in [0.25, 0.3) is 0 Å². The zero-order valence-corrected chi connectivity index (χ0v) is 7.05. The van der Waals surface area contributed by atoms with Crippen molar-refractivity contribution in [2.24, 2.45) is 0 Å². The van der Waals surface area contributed by atoms with Crippen LogP contribution in [0.15, 0.2) is 25.3 Å². The molecule has 1 heteroatoms. The van der Waals surface area contributed by atoms with Gasteiger partial charge in [-0.1, -0.05) is 12.2 Å². The van der Waals surface area contributed by atoms with Gasteiger partial charge < -0.3 is 5.32 Å². The predicted octanol–water partition coefficient (Wildman–Crippen LogP) is 2.26.